The first-order valence-electron chi connectivity index (χ1n) is 11.6. The summed E-state index contributed by atoms with van der Waals surface area (Å²) in [6.07, 6.45) is 8.06. The highest BCUT2D eigenvalue weighted by Gasteiger charge is 2.59. The van der Waals surface area contributed by atoms with Crippen molar-refractivity contribution >= 4 is 11.8 Å². The fourth-order valence-corrected chi connectivity index (χ4v) is 7.36. The minimum absolute atomic E-state index is 0.0488. The Balaban J connectivity index is 2.05. The molecule has 0 heterocycles. The van der Waals surface area contributed by atoms with E-state index in [0.29, 0.717) is 17.8 Å². The Bertz CT molecular complexity index is 770. The Kier molecular flexibility index (Phi) is 6.34. The van der Waals surface area contributed by atoms with Crippen LogP contribution in [0.1, 0.15) is 73.1 Å². The first kappa shape index (κ1) is 22.8. The van der Waals surface area contributed by atoms with Crippen LogP contribution in [-0.2, 0) is 9.59 Å². The van der Waals surface area contributed by atoms with Crippen LogP contribution in [0.25, 0.3) is 4.95 Å². The van der Waals surface area contributed by atoms with Gasteiger partial charge >= 0.3 is 6.57 Å². The molecule has 30 heavy (non-hydrogen) atoms. The number of nitrogens with one attached hydrogen (secondary N) is 2. The monoisotopic (exact) mass is 415 g/mol. The molecule has 1 spiro atoms. The average molecular weight is 416 g/mol. The van der Waals surface area contributed by atoms with E-state index < -0.39 is 5.41 Å². The van der Waals surface area contributed by atoms with Crippen LogP contribution in [0.2, 0.25) is 0 Å². The SMILES string of the molecule is C#[N+]NC(=O)C1CC(C)C(C(C)C)=CC12CCC1C(CCCC1(C)C(=O)NN)C2C. The standard InChI is InChI=1S/C24H38N4O2/c1-14(2)18-13-24(20(12-15(18)3)21(29)28-26-6)11-9-19-17(16(24)4)8-7-10-23(19,5)22(30)27-25/h6,13-17,19-20H,7-12,25H2,1-5H3,(H-,27,28,29,30)/p+1. The van der Waals surface area contributed by atoms with E-state index in [0.717, 1.165) is 38.5 Å². The molecular weight excluding hydrogens is 376 g/mol. The van der Waals surface area contributed by atoms with Gasteiger partial charge in [0.2, 0.25) is 5.91 Å². The Morgan fingerprint density at radius 3 is 2.57 bits per heavy atom. The van der Waals surface area contributed by atoms with Crippen molar-refractivity contribution in [3.05, 3.63) is 16.6 Å². The van der Waals surface area contributed by atoms with Gasteiger partial charge in [-0.3, -0.25) is 15.0 Å². The number of hydrazine groups is 1. The van der Waals surface area contributed by atoms with Crippen LogP contribution in [0.5, 0.6) is 0 Å². The molecule has 3 aliphatic carbocycles. The fraction of sp³-hybridized carbons (Fsp3) is 0.792. The van der Waals surface area contributed by atoms with E-state index in [4.69, 9.17) is 12.4 Å². The second kappa shape index (κ2) is 8.34. The molecule has 7 unspecified atom stereocenters. The Morgan fingerprint density at radius 1 is 1.27 bits per heavy atom. The van der Waals surface area contributed by atoms with Gasteiger partial charge in [-0.25, -0.2) is 5.84 Å². The lowest BCUT2D eigenvalue weighted by atomic mass is 9.45. The van der Waals surface area contributed by atoms with Gasteiger partial charge in [-0.2, -0.15) is 0 Å². The largest absolute Gasteiger partial charge is 0.305 e. The van der Waals surface area contributed by atoms with Gasteiger partial charge in [0.25, 0.3) is 5.91 Å². The second-order valence-corrected chi connectivity index (χ2v) is 10.6. The van der Waals surface area contributed by atoms with Crippen LogP contribution >= 0.6 is 0 Å². The Hall–Kier alpha value is -1.87. The van der Waals surface area contributed by atoms with Gasteiger partial charge in [-0.15, -0.1) is 0 Å². The molecule has 6 nitrogen and oxygen atoms in total. The second-order valence-electron chi connectivity index (χ2n) is 10.6. The number of carbonyl (C=O) groups is 2. The number of fused-ring (bicyclic) bond motifs is 1. The van der Waals surface area contributed by atoms with Crippen LogP contribution in [0, 0.1) is 52.9 Å². The van der Waals surface area contributed by atoms with Crippen LogP contribution in [0.15, 0.2) is 11.6 Å². The molecule has 6 heteroatoms. The third-order valence-electron chi connectivity index (χ3n) is 9.00. The summed E-state index contributed by atoms with van der Waals surface area (Å²) in [6.45, 7) is 16.4. The van der Waals surface area contributed by atoms with Crippen molar-refractivity contribution in [1.82, 2.24) is 10.9 Å². The van der Waals surface area contributed by atoms with Gasteiger partial charge < -0.3 is 0 Å². The number of hydrogen-bond acceptors (Lipinski definition) is 3. The zero-order chi connectivity index (χ0) is 22.3. The molecule has 2 fully saturated rings. The van der Waals surface area contributed by atoms with Gasteiger partial charge in [0, 0.05) is 5.41 Å². The molecule has 4 N–H and O–H groups in total. The normalized spacial score (nSPS) is 40.9. The van der Waals surface area contributed by atoms with Gasteiger partial charge in [0.05, 0.1) is 16.3 Å². The first-order chi connectivity index (χ1) is 14.1. The molecule has 7 atom stereocenters. The van der Waals surface area contributed by atoms with Gasteiger partial charge in [0.1, 0.15) is 0 Å². The molecule has 3 aliphatic rings. The van der Waals surface area contributed by atoms with Crippen molar-refractivity contribution in [1.29, 1.82) is 0 Å². The van der Waals surface area contributed by atoms with Crippen LogP contribution in [0.3, 0.4) is 0 Å². The fourth-order valence-electron chi connectivity index (χ4n) is 7.36. The summed E-state index contributed by atoms with van der Waals surface area (Å²) in [5, 5.41) is 0. The Labute approximate surface area is 181 Å². The van der Waals surface area contributed by atoms with E-state index in [9.17, 15) is 9.59 Å². The highest BCUT2D eigenvalue weighted by atomic mass is 16.2. The summed E-state index contributed by atoms with van der Waals surface area (Å²) in [6, 6.07) is 0. The lowest BCUT2D eigenvalue weighted by Gasteiger charge is -2.59. The summed E-state index contributed by atoms with van der Waals surface area (Å²) in [4.78, 5) is 29.3. The van der Waals surface area contributed by atoms with Crippen LogP contribution in [0.4, 0.5) is 0 Å². The predicted molar refractivity (Wildman–Crippen MR) is 119 cm³/mol. The summed E-state index contributed by atoms with van der Waals surface area (Å²) >= 11 is 0. The number of carbonyl (C=O) groups excluding carboxylic acids is 2. The van der Waals surface area contributed by atoms with Crippen LogP contribution < -0.4 is 16.7 Å². The summed E-state index contributed by atoms with van der Waals surface area (Å²) in [7, 11) is 0. The molecule has 0 bridgehead atoms. The first-order valence-corrected chi connectivity index (χ1v) is 11.6. The number of nitrogens with two attached hydrogens (primary N) is 1. The molecular formula is C24H39N4O2+. The molecule has 2 saturated carbocycles. The van der Waals surface area contributed by atoms with E-state index >= 15 is 0 Å². The molecule has 0 aromatic heterocycles. The van der Waals surface area contributed by atoms with E-state index in [1.807, 2.05) is 0 Å². The lowest BCUT2D eigenvalue weighted by molar-refractivity contribution is -0.149. The molecule has 0 aliphatic heterocycles. The van der Waals surface area contributed by atoms with Crippen molar-refractivity contribution in [2.24, 2.45) is 52.2 Å². The number of nitrogens with zero attached hydrogens (tertiary/aromatic N) is 1. The summed E-state index contributed by atoms with van der Waals surface area (Å²) in [5.41, 5.74) is 5.75. The van der Waals surface area contributed by atoms with Crippen molar-refractivity contribution in [3.8, 4) is 6.57 Å². The molecule has 0 aromatic rings. The van der Waals surface area contributed by atoms with Crippen LogP contribution in [-0.4, -0.2) is 11.8 Å². The van der Waals surface area contributed by atoms with Gasteiger partial charge in [-0.1, -0.05) is 52.7 Å². The van der Waals surface area contributed by atoms with Crippen molar-refractivity contribution in [2.75, 3.05) is 0 Å². The number of hydrogen-bond donors (Lipinski definition) is 3. The smallest absolute Gasteiger partial charge is 0.294 e. The zero-order valence-electron chi connectivity index (χ0n) is 19.2. The quantitative estimate of drug-likeness (QED) is 0.281. The maximum Gasteiger partial charge on any atom is 0.305 e. The minimum atomic E-state index is -0.440. The van der Waals surface area contributed by atoms with Crippen molar-refractivity contribution < 1.29 is 9.59 Å². The van der Waals surface area contributed by atoms with Crippen molar-refractivity contribution in [2.45, 2.75) is 73.1 Å². The molecule has 3 rings (SSSR count). The molecule has 2 amide bonds. The molecule has 0 saturated heterocycles. The zero-order valence-corrected chi connectivity index (χ0v) is 19.2. The molecule has 166 valence electrons. The van der Waals surface area contributed by atoms with E-state index in [2.05, 4.69) is 56.5 Å². The van der Waals surface area contributed by atoms with E-state index in [-0.39, 0.29) is 35.0 Å². The van der Waals surface area contributed by atoms with Crippen molar-refractivity contribution in [3.63, 3.8) is 0 Å². The van der Waals surface area contributed by atoms with Gasteiger partial charge in [0.15, 0.2) is 0 Å². The third-order valence-corrected chi connectivity index (χ3v) is 9.00. The van der Waals surface area contributed by atoms with E-state index in [1.54, 1.807) is 0 Å². The highest BCUT2D eigenvalue weighted by molar-refractivity contribution is 5.82. The average Bonchev–Trinajstić information content (AvgIpc) is 2.71. The molecule has 0 aromatic carbocycles. The predicted octanol–water partition coefficient (Wildman–Crippen LogP) is 4.05. The number of allylic oxidation sites excluding steroid dienone is 2. The third kappa shape index (κ3) is 3.45. The number of amides is 2. The number of rotatable bonds is 3. The summed E-state index contributed by atoms with van der Waals surface area (Å²) < 4.78 is 0. The Morgan fingerprint density at radius 2 is 1.97 bits per heavy atom. The maximum absolute atomic E-state index is 13.1. The lowest BCUT2D eigenvalue weighted by Crippen LogP contribution is -2.58. The van der Waals surface area contributed by atoms with E-state index in [1.165, 1.54) is 5.57 Å². The minimum Gasteiger partial charge on any atom is -0.294 e. The maximum atomic E-state index is 13.1. The molecule has 0 radical (unpaired) electrons. The topological polar surface area (TPSA) is 88.6 Å². The summed E-state index contributed by atoms with van der Waals surface area (Å²) in [5.74, 6) is 7.04. The van der Waals surface area contributed by atoms with Gasteiger partial charge in [-0.05, 0) is 67.1 Å². The highest BCUT2D eigenvalue weighted by Crippen LogP contribution is 2.63.